The number of nitrogens with one attached hydrogen (secondary N) is 1. The van der Waals surface area contributed by atoms with Gasteiger partial charge in [0.25, 0.3) is 5.91 Å². The van der Waals surface area contributed by atoms with Crippen LogP contribution < -0.4 is 10.1 Å². The maximum Gasteiger partial charge on any atom is 0.251 e. The predicted octanol–water partition coefficient (Wildman–Crippen LogP) is 6.02. The molecule has 31 heavy (non-hydrogen) atoms. The predicted molar refractivity (Wildman–Crippen MR) is 127 cm³/mol. The number of aromatic nitrogens is 2. The molecule has 158 valence electrons. The number of rotatable bonds is 7. The Bertz CT molecular complexity index is 1190. The van der Waals surface area contributed by atoms with E-state index in [0.29, 0.717) is 23.7 Å². The zero-order valence-electron chi connectivity index (χ0n) is 16.9. The lowest BCUT2D eigenvalue weighted by atomic mass is 10.2. The summed E-state index contributed by atoms with van der Waals surface area (Å²) in [5.41, 5.74) is 2.49. The van der Waals surface area contributed by atoms with Gasteiger partial charge in [-0.05, 0) is 67.6 Å². The normalized spacial score (nSPS) is 12.0. The molecular formula is C24H21BrClN3O2. The van der Waals surface area contributed by atoms with Crippen LogP contribution in [0.1, 0.15) is 29.1 Å². The lowest BCUT2D eigenvalue weighted by Gasteiger charge is -2.17. The molecule has 3 aromatic carbocycles. The van der Waals surface area contributed by atoms with Crippen LogP contribution in [0, 0.1) is 0 Å². The minimum Gasteiger partial charge on any atom is -0.492 e. The van der Waals surface area contributed by atoms with Crippen LogP contribution in [0.4, 0.5) is 0 Å². The summed E-state index contributed by atoms with van der Waals surface area (Å²) in [6.45, 7) is 2.99. The van der Waals surface area contributed by atoms with Crippen LogP contribution in [0.5, 0.6) is 5.75 Å². The minimum atomic E-state index is -0.279. The van der Waals surface area contributed by atoms with Crippen LogP contribution in [0.3, 0.4) is 0 Å². The molecule has 5 nitrogen and oxygen atoms in total. The molecule has 1 unspecified atom stereocenters. The number of imidazole rings is 1. The summed E-state index contributed by atoms with van der Waals surface area (Å²) in [4.78, 5) is 17.5. The highest BCUT2D eigenvalue weighted by Crippen LogP contribution is 2.22. The number of amides is 1. The van der Waals surface area contributed by atoms with Crippen molar-refractivity contribution in [1.82, 2.24) is 14.9 Å². The summed E-state index contributed by atoms with van der Waals surface area (Å²) in [7, 11) is 0. The number of para-hydroxylation sites is 2. The third kappa shape index (κ3) is 5.09. The molecule has 4 aromatic rings. The zero-order chi connectivity index (χ0) is 21.8. The lowest BCUT2D eigenvalue weighted by molar-refractivity contribution is 0.0937. The van der Waals surface area contributed by atoms with Crippen molar-refractivity contribution in [3.05, 3.63) is 93.7 Å². The van der Waals surface area contributed by atoms with E-state index in [0.717, 1.165) is 27.1 Å². The molecule has 0 aliphatic carbocycles. The van der Waals surface area contributed by atoms with Crippen molar-refractivity contribution in [2.24, 2.45) is 0 Å². The first-order valence-electron chi connectivity index (χ1n) is 9.91. The van der Waals surface area contributed by atoms with Gasteiger partial charge in [0.15, 0.2) is 0 Å². The Labute approximate surface area is 194 Å². The van der Waals surface area contributed by atoms with E-state index in [1.807, 2.05) is 55.5 Å². The molecule has 0 fully saturated rings. The van der Waals surface area contributed by atoms with E-state index in [4.69, 9.17) is 21.3 Å². The second kappa shape index (κ2) is 9.54. The molecule has 0 aliphatic rings. The number of carbonyl (C=O) groups is 1. The average Bonchev–Trinajstić information content (AvgIpc) is 3.14. The smallest absolute Gasteiger partial charge is 0.251 e. The quantitative estimate of drug-likeness (QED) is 0.339. The van der Waals surface area contributed by atoms with Gasteiger partial charge in [0.1, 0.15) is 18.2 Å². The van der Waals surface area contributed by atoms with Gasteiger partial charge in [0, 0.05) is 15.1 Å². The second-order valence-corrected chi connectivity index (χ2v) is 8.47. The fourth-order valence-electron chi connectivity index (χ4n) is 3.39. The third-order valence-electron chi connectivity index (χ3n) is 4.92. The van der Waals surface area contributed by atoms with Crippen LogP contribution >= 0.6 is 27.5 Å². The first kappa shape index (κ1) is 21.4. The Morgan fingerprint density at radius 1 is 1.10 bits per heavy atom. The molecule has 0 aliphatic heterocycles. The molecule has 4 rings (SSSR count). The van der Waals surface area contributed by atoms with Crippen molar-refractivity contribution in [2.75, 3.05) is 6.61 Å². The highest BCUT2D eigenvalue weighted by atomic mass is 79.9. The molecular weight excluding hydrogens is 478 g/mol. The molecule has 0 saturated heterocycles. The summed E-state index contributed by atoms with van der Waals surface area (Å²) < 4.78 is 8.91. The van der Waals surface area contributed by atoms with Gasteiger partial charge in [-0.1, -0.05) is 39.7 Å². The Balaban J connectivity index is 1.53. The van der Waals surface area contributed by atoms with E-state index >= 15 is 0 Å². The monoisotopic (exact) mass is 497 g/mol. The SMILES string of the molecule is CC(NC(=O)c1ccc(Br)cc1)c1nc2ccccc2n1CCOc1ccc(Cl)cc1. The number of nitrogens with zero attached hydrogens (tertiary/aromatic N) is 2. The number of ether oxygens (including phenoxy) is 1. The maximum absolute atomic E-state index is 12.7. The van der Waals surface area contributed by atoms with Gasteiger partial charge in [-0.15, -0.1) is 0 Å². The van der Waals surface area contributed by atoms with Crippen molar-refractivity contribution >= 4 is 44.5 Å². The summed E-state index contributed by atoms with van der Waals surface area (Å²) in [6, 6.07) is 22.2. The van der Waals surface area contributed by atoms with E-state index in [-0.39, 0.29) is 11.9 Å². The van der Waals surface area contributed by atoms with E-state index in [1.54, 1.807) is 24.3 Å². The minimum absolute atomic E-state index is 0.143. The third-order valence-corrected chi connectivity index (χ3v) is 5.70. The molecule has 0 radical (unpaired) electrons. The maximum atomic E-state index is 12.7. The summed E-state index contributed by atoms with van der Waals surface area (Å²) >= 11 is 9.33. The van der Waals surface area contributed by atoms with Crippen molar-refractivity contribution in [3.63, 3.8) is 0 Å². The summed E-state index contributed by atoms with van der Waals surface area (Å²) in [6.07, 6.45) is 0. The molecule has 1 N–H and O–H groups in total. The Kier molecular flexibility index (Phi) is 6.59. The molecule has 7 heteroatoms. The fourth-order valence-corrected chi connectivity index (χ4v) is 3.78. The largest absolute Gasteiger partial charge is 0.492 e. The molecule has 1 amide bonds. The molecule has 1 aromatic heterocycles. The summed E-state index contributed by atoms with van der Waals surface area (Å²) in [5.74, 6) is 1.40. The number of fused-ring (bicyclic) bond motifs is 1. The van der Waals surface area contributed by atoms with Crippen LogP contribution in [0.15, 0.2) is 77.3 Å². The zero-order valence-corrected chi connectivity index (χ0v) is 19.2. The lowest BCUT2D eigenvalue weighted by Crippen LogP contribution is -2.29. The van der Waals surface area contributed by atoms with Crippen LogP contribution in [0.25, 0.3) is 11.0 Å². The molecule has 1 atom stereocenters. The Morgan fingerprint density at radius 3 is 2.55 bits per heavy atom. The number of hydrogen-bond acceptors (Lipinski definition) is 3. The van der Waals surface area contributed by atoms with E-state index < -0.39 is 0 Å². The molecule has 0 spiro atoms. The number of halogens is 2. The van der Waals surface area contributed by atoms with E-state index in [2.05, 4.69) is 25.8 Å². The summed E-state index contributed by atoms with van der Waals surface area (Å²) in [5, 5.41) is 3.73. The van der Waals surface area contributed by atoms with Crippen LogP contribution in [0.2, 0.25) is 5.02 Å². The Morgan fingerprint density at radius 2 is 1.81 bits per heavy atom. The van der Waals surface area contributed by atoms with Crippen LogP contribution in [-0.2, 0) is 6.54 Å². The van der Waals surface area contributed by atoms with Gasteiger partial charge in [0.05, 0.1) is 23.6 Å². The van der Waals surface area contributed by atoms with Crippen LogP contribution in [-0.4, -0.2) is 22.1 Å². The van der Waals surface area contributed by atoms with E-state index in [1.165, 1.54) is 0 Å². The number of carbonyl (C=O) groups excluding carboxylic acids is 1. The first-order chi connectivity index (χ1) is 15.0. The standard InChI is InChI=1S/C24H21BrClN3O2/c1-16(27-24(30)17-6-8-18(25)9-7-17)23-28-21-4-2-3-5-22(21)29(23)14-15-31-20-12-10-19(26)11-13-20/h2-13,16H,14-15H2,1H3,(H,27,30). The molecule has 0 bridgehead atoms. The van der Waals surface area contributed by atoms with Gasteiger partial charge < -0.3 is 14.6 Å². The van der Waals surface area contributed by atoms with Gasteiger partial charge in [-0.25, -0.2) is 4.98 Å². The fraction of sp³-hybridized carbons (Fsp3) is 0.167. The highest BCUT2D eigenvalue weighted by Gasteiger charge is 2.19. The molecule has 0 saturated carbocycles. The number of hydrogen-bond donors (Lipinski definition) is 1. The average molecular weight is 499 g/mol. The van der Waals surface area contributed by atoms with Gasteiger partial charge in [0.2, 0.25) is 0 Å². The first-order valence-corrected chi connectivity index (χ1v) is 11.1. The van der Waals surface area contributed by atoms with E-state index in [9.17, 15) is 4.79 Å². The topological polar surface area (TPSA) is 56.2 Å². The van der Waals surface area contributed by atoms with Crippen molar-refractivity contribution in [3.8, 4) is 5.75 Å². The van der Waals surface area contributed by atoms with Gasteiger partial charge in [-0.3, -0.25) is 4.79 Å². The van der Waals surface area contributed by atoms with Gasteiger partial charge in [-0.2, -0.15) is 0 Å². The second-order valence-electron chi connectivity index (χ2n) is 7.11. The molecule has 1 heterocycles. The van der Waals surface area contributed by atoms with Crippen molar-refractivity contribution in [1.29, 1.82) is 0 Å². The Hall–Kier alpha value is -2.83. The van der Waals surface area contributed by atoms with Gasteiger partial charge >= 0.3 is 0 Å². The van der Waals surface area contributed by atoms with Crippen molar-refractivity contribution < 1.29 is 9.53 Å². The van der Waals surface area contributed by atoms with Crippen molar-refractivity contribution in [2.45, 2.75) is 19.5 Å². The highest BCUT2D eigenvalue weighted by molar-refractivity contribution is 9.10. The number of benzene rings is 3.